The number of thiocarbonyl (C=S) groups is 1. The minimum atomic E-state index is -0.589. The molecule has 0 bridgehead atoms. The molecule has 2 amide bonds. The summed E-state index contributed by atoms with van der Waals surface area (Å²) in [7, 11) is 3.07. The van der Waals surface area contributed by atoms with Crippen LogP contribution in [0.3, 0.4) is 0 Å². The number of ether oxygens (including phenoxy) is 2. The van der Waals surface area contributed by atoms with Gasteiger partial charge in [-0.3, -0.25) is 19.8 Å². The number of halogens is 1. The van der Waals surface area contributed by atoms with E-state index >= 15 is 0 Å². The number of amides is 2. The van der Waals surface area contributed by atoms with Crippen molar-refractivity contribution in [2.75, 3.05) is 19.1 Å². The summed E-state index contributed by atoms with van der Waals surface area (Å²) in [6.45, 7) is 1.83. The molecule has 1 aliphatic heterocycles. The number of carbonyl (C=O) groups excluding carboxylic acids is 2. The summed E-state index contributed by atoms with van der Waals surface area (Å²) in [5, 5.41) is 2.85. The van der Waals surface area contributed by atoms with Gasteiger partial charge in [-0.2, -0.15) is 0 Å². The van der Waals surface area contributed by atoms with Gasteiger partial charge in [-0.15, -0.1) is 0 Å². The normalized spacial score (nSPS) is 15.6. The van der Waals surface area contributed by atoms with Crippen LogP contribution in [0.5, 0.6) is 11.5 Å². The van der Waals surface area contributed by atoms with Gasteiger partial charge in [-0.25, -0.2) is 0 Å². The van der Waals surface area contributed by atoms with Crippen molar-refractivity contribution in [1.29, 1.82) is 0 Å². The van der Waals surface area contributed by atoms with Crippen LogP contribution < -0.4 is 19.7 Å². The van der Waals surface area contributed by atoms with Gasteiger partial charge in [-0.05, 0) is 49.5 Å². The molecule has 1 saturated heterocycles. The minimum Gasteiger partial charge on any atom is -0.496 e. The second-order valence-electron chi connectivity index (χ2n) is 5.92. The van der Waals surface area contributed by atoms with E-state index in [1.54, 1.807) is 43.5 Å². The molecule has 0 aliphatic carbocycles. The molecule has 0 unspecified atom stereocenters. The first-order valence-corrected chi connectivity index (χ1v) is 9.05. The van der Waals surface area contributed by atoms with Crippen molar-refractivity contribution in [1.82, 2.24) is 5.32 Å². The first-order valence-electron chi connectivity index (χ1n) is 8.26. The Balaban J connectivity index is 2.10. The minimum absolute atomic E-state index is 0.0295. The highest BCUT2D eigenvalue weighted by molar-refractivity contribution is 7.80. The van der Waals surface area contributed by atoms with E-state index in [2.05, 4.69) is 5.32 Å². The zero-order valence-electron chi connectivity index (χ0n) is 15.4. The Morgan fingerprint density at radius 3 is 2.46 bits per heavy atom. The third kappa shape index (κ3) is 3.46. The van der Waals surface area contributed by atoms with Crippen molar-refractivity contribution in [2.45, 2.75) is 6.92 Å². The number of nitrogens with zero attached hydrogens (tertiary/aromatic N) is 1. The Bertz CT molecular complexity index is 1020. The summed E-state index contributed by atoms with van der Waals surface area (Å²) in [6.07, 6.45) is 1.47. The highest BCUT2D eigenvalue weighted by Crippen LogP contribution is 2.34. The van der Waals surface area contributed by atoms with E-state index in [9.17, 15) is 9.59 Å². The van der Waals surface area contributed by atoms with Gasteiger partial charge in [0.15, 0.2) is 5.11 Å². The smallest absolute Gasteiger partial charge is 0.270 e. The molecule has 1 N–H and O–H groups in total. The largest absolute Gasteiger partial charge is 0.496 e. The number of carbonyl (C=O) groups is 2. The molecule has 0 atom stereocenters. The standard InChI is InChI=1S/C20H17ClN2O4S/c1-11-16(26-2)9-8-12(17(11)27-3)10-13-18(24)22-20(28)23(19(13)25)15-7-5-4-6-14(15)21/h4-10H,1-3H3,(H,22,24,28)/b13-10+. The summed E-state index contributed by atoms with van der Waals surface area (Å²) in [6, 6.07) is 10.2. The fourth-order valence-corrected chi connectivity index (χ4v) is 3.46. The van der Waals surface area contributed by atoms with Crippen LogP contribution in [0.2, 0.25) is 5.02 Å². The maximum Gasteiger partial charge on any atom is 0.270 e. The van der Waals surface area contributed by atoms with E-state index in [0.29, 0.717) is 27.8 Å². The molecule has 0 radical (unpaired) electrons. The number of rotatable bonds is 4. The van der Waals surface area contributed by atoms with E-state index in [4.69, 9.17) is 33.3 Å². The predicted molar refractivity (Wildman–Crippen MR) is 112 cm³/mol. The SMILES string of the molecule is COc1ccc(/C=C2\C(=O)NC(=S)N(c3ccccc3Cl)C2=O)c(OC)c1C. The molecule has 6 nitrogen and oxygen atoms in total. The molecule has 2 aromatic rings. The van der Waals surface area contributed by atoms with Crippen LogP contribution in [0.15, 0.2) is 42.0 Å². The number of benzene rings is 2. The van der Waals surface area contributed by atoms with E-state index in [0.717, 1.165) is 5.56 Å². The van der Waals surface area contributed by atoms with Crippen molar-refractivity contribution in [3.8, 4) is 11.5 Å². The molecule has 2 aromatic carbocycles. The van der Waals surface area contributed by atoms with Crippen LogP contribution in [-0.4, -0.2) is 31.1 Å². The number of methoxy groups -OCH3 is 2. The Kier molecular flexibility index (Phi) is 5.67. The average molecular weight is 417 g/mol. The van der Waals surface area contributed by atoms with Gasteiger partial charge >= 0.3 is 0 Å². The summed E-state index contributed by atoms with van der Waals surface area (Å²) >= 11 is 11.4. The maximum absolute atomic E-state index is 13.1. The monoisotopic (exact) mass is 416 g/mol. The number of hydrogen-bond acceptors (Lipinski definition) is 5. The zero-order valence-corrected chi connectivity index (χ0v) is 17.0. The Labute approximate surface area is 172 Å². The quantitative estimate of drug-likeness (QED) is 0.469. The van der Waals surface area contributed by atoms with E-state index < -0.39 is 11.8 Å². The lowest BCUT2D eigenvalue weighted by Gasteiger charge is -2.29. The summed E-state index contributed by atoms with van der Waals surface area (Å²) in [5.41, 5.74) is 1.62. The Morgan fingerprint density at radius 1 is 1.11 bits per heavy atom. The van der Waals surface area contributed by atoms with E-state index in [1.807, 2.05) is 6.92 Å². The molecular formula is C20H17ClN2O4S. The fraction of sp³-hybridized carbons (Fsp3) is 0.150. The zero-order chi connectivity index (χ0) is 20.4. The van der Waals surface area contributed by atoms with Crippen molar-refractivity contribution in [3.05, 3.63) is 58.1 Å². The molecule has 1 heterocycles. The molecule has 0 spiro atoms. The van der Waals surface area contributed by atoms with Crippen molar-refractivity contribution in [3.63, 3.8) is 0 Å². The molecule has 1 aliphatic rings. The molecule has 8 heteroatoms. The second kappa shape index (κ2) is 8.00. The number of nitrogens with one attached hydrogen (secondary N) is 1. The van der Waals surface area contributed by atoms with Crippen LogP contribution in [0, 0.1) is 6.92 Å². The third-order valence-corrected chi connectivity index (χ3v) is 4.91. The van der Waals surface area contributed by atoms with Crippen LogP contribution in [0.1, 0.15) is 11.1 Å². The Morgan fingerprint density at radius 2 is 1.82 bits per heavy atom. The topological polar surface area (TPSA) is 67.9 Å². The van der Waals surface area contributed by atoms with Crippen LogP contribution in [0.4, 0.5) is 5.69 Å². The molecule has 3 rings (SSSR count). The lowest BCUT2D eigenvalue weighted by atomic mass is 10.0. The molecule has 144 valence electrons. The van der Waals surface area contributed by atoms with E-state index in [-0.39, 0.29) is 10.7 Å². The van der Waals surface area contributed by atoms with Crippen LogP contribution in [-0.2, 0) is 9.59 Å². The van der Waals surface area contributed by atoms with Gasteiger partial charge < -0.3 is 9.47 Å². The van der Waals surface area contributed by atoms with Crippen molar-refractivity contribution in [2.24, 2.45) is 0 Å². The van der Waals surface area contributed by atoms with Gasteiger partial charge in [0.2, 0.25) is 0 Å². The highest BCUT2D eigenvalue weighted by atomic mass is 35.5. The number of hydrogen-bond donors (Lipinski definition) is 1. The maximum atomic E-state index is 13.1. The van der Waals surface area contributed by atoms with Gasteiger partial charge in [0, 0.05) is 11.1 Å². The summed E-state index contributed by atoms with van der Waals surface area (Å²) < 4.78 is 10.7. The molecular weight excluding hydrogens is 400 g/mol. The van der Waals surface area contributed by atoms with Gasteiger partial charge in [0.05, 0.1) is 24.9 Å². The average Bonchev–Trinajstić information content (AvgIpc) is 2.66. The lowest BCUT2D eigenvalue weighted by Crippen LogP contribution is -2.54. The molecule has 0 aromatic heterocycles. The van der Waals surface area contributed by atoms with Crippen molar-refractivity contribution >= 4 is 52.5 Å². The van der Waals surface area contributed by atoms with Crippen LogP contribution in [0.25, 0.3) is 6.08 Å². The first-order chi connectivity index (χ1) is 13.4. The predicted octanol–water partition coefficient (Wildman–Crippen LogP) is 3.50. The number of anilines is 1. The Hall–Kier alpha value is -2.90. The number of para-hydroxylation sites is 1. The second-order valence-corrected chi connectivity index (χ2v) is 6.72. The lowest BCUT2D eigenvalue weighted by molar-refractivity contribution is -0.122. The summed E-state index contributed by atoms with van der Waals surface area (Å²) in [5.74, 6) is -0.0200. The highest BCUT2D eigenvalue weighted by Gasteiger charge is 2.35. The van der Waals surface area contributed by atoms with Crippen molar-refractivity contribution < 1.29 is 19.1 Å². The van der Waals surface area contributed by atoms with Gasteiger partial charge in [-0.1, -0.05) is 23.7 Å². The van der Waals surface area contributed by atoms with E-state index in [1.165, 1.54) is 18.1 Å². The van der Waals surface area contributed by atoms with Gasteiger partial charge in [0.1, 0.15) is 17.1 Å². The van der Waals surface area contributed by atoms with Gasteiger partial charge in [0.25, 0.3) is 11.8 Å². The molecule has 28 heavy (non-hydrogen) atoms. The van der Waals surface area contributed by atoms with Crippen LogP contribution >= 0.6 is 23.8 Å². The molecule has 1 fully saturated rings. The third-order valence-electron chi connectivity index (χ3n) is 4.31. The summed E-state index contributed by atoms with van der Waals surface area (Å²) in [4.78, 5) is 26.8. The first kappa shape index (κ1) is 19.9. The fourth-order valence-electron chi connectivity index (χ4n) is 2.97. The molecule has 0 saturated carbocycles.